The molecule has 0 saturated heterocycles. The molecule has 0 aliphatic rings. The second kappa shape index (κ2) is 8.57. The summed E-state index contributed by atoms with van der Waals surface area (Å²) in [6, 6.07) is 10.5. The molecule has 1 heterocycles. The topological polar surface area (TPSA) is 21.3 Å². The molecule has 0 aliphatic heterocycles. The summed E-state index contributed by atoms with van der Waals surface area (Å²) in [5.74, 6) is 1.56. The Morgan fingerprint density at radius 2 is 2.05 bits per heavy atom. The van der Waals surface area contributed by atoms with E-state index in [-0.39, 0.29) is 0 Å². The number of para-hydroxylation sites is 1. The van der Waals surface area contributed by atoms with E-state index < -0.39 is 0 Å². The molecule has 1 atom stereocenters. The summed E-state index contributed by atoms with van der Waals surface area (Å²) in [5, 5.41) is 5.63. The van der Waals surface area contributed by atoms with Crippen LogP contribution in [0.1, 0.15) is 17.4 Å². The molecule has 1 unspecified atom stereocenters. The van der Waals surface area contributed by atoms with Crippen LogP contribution >= 0.6 is 27.3 Å². The summed E-state index contributed by atoms with van der Waals surface area (Å²) >= 11 is 5.47. The number of thiophene rings is 1. The highest BCUT2D eigenvalue weighted by Gasteiger charge is 2.15. The van der Waals surface area contributed by atoms with Gasteiger partial charge in [0.25, 0.3) is 0 Å². The molecule has 0 saturated carbocycles. The summed E-state index contributed by atoms with van der Waals surface area (Å²) < 4.78 is 6.71. The lowest BCUT2D eigenvalue weighted by atomic mass is 9.94. The third-order valence-corrected chi connectivity index (χ3v) is 5.50. The minimum atomic E-state index is 0.566. The lowest BCUT2D eigenvalue weighted by Crippen LogP contribution is -2.25. The molecule has 0 bridgehead atoms. The van der Waals surface area contributed by atoms with E-state index in [1.165, 1.54) is 14.9 Å². The van der Waals surface area contributed by atoms with Crippen LogP contribution in [0.2, 0.25) is 0 Å². The molecule has 0 fully saturated rings. The predicted molar refractivity (Wildman–Crippen MR) is 94.5 cm³/mol. The first-order chi connectivity index (χ1) is 10.2. The van der Waals surface area contributed by atoms with Gasteiger partial charge in [-0.25, -0.2) is 0 Å². The summed E-state index contributed by atoms with van der Waals surface area (Å²) in [6.45, 7) is 4.19. The first kappa shape index (κ1) is 16.5. The molecule has 21 heavy (non-hydrogen) atoms. The number of hydrogen-bond donors (Lipinski definition) is 1. The molecule has 0 amide bonds. The van der Waals surface area contributed by atoms with Crippen LogP contribution < -0.4 is 10.1 Å². The van der Waals surface area contributed by atoms with Gasteiger partial charge in [0.15, 0.2) is 0 Å². The molecule has 1 aromatic carbocycles. The van der Waals surface area contributed by atoms with E-state index >= 15 is 0 Å². The number of nitrogens with one attached hydrogen (secondary N) is 1. The van der Waals surface area contributed by atoms with Gasteiger partial charge in [0.05, 0.1) is 7.11 Å². The number of halogens is 1. The third-order valence-electron chi connectivity index (χ3n) is 3.55. The third kappa shape index (κ3) is 4.83. The van der Waals surface area contributed by atoms with Crippen LogP contribution in [0.15, 0.2) is 40.2 Å². The SMILES string of the molecule is CCNCC(Cc1ccccc1OC)Cc1sccc1Br. The quantitative estimate of drug-likeness (QED) is 0.739. The van der Waals surface area contributed by atoms with E-state index in [9.17, 15) is 0 Å². The highest BCUT2D eigenvalue weighted by Crippen LogP contribution is 2.28. The van der Waals surface area contributed by atoms with Gasteiger partial charge < -0.3 is 10.1 Å². The van der Waals surface area contributed by atoms with Gasteiger partial charge in [0, 0.05) is 9.35 Å². The Kier molecular flexibility index (Phi) is 6.74. The number of ether oxygens (including phenoxy) is 1. The summed E-state index contributed by atoms with van der Waals surface area (Å²) in [6.07, 6.45) is 2.12. The molecule has 0 spiro atoms. The molecular formula is C17H22BrNOS. The number of rotatable bonds is 8. The lowest BCUT2D eigenvalue weighted by Gasteiger charge is -2.18. The minimum absolute atomic E-state index is 0.566. The van der Waals surface area contributed by atoms with Gasteiger partial charge in [-0.3, -0.25) is 0 Å². The molecule has 1 N–H and O–H groups in total. The van der Waals surface area contributed by atoms with Gasteiger partial charge in [-0.1, -0.05) is 25.1 Å². The van der Waals surface area contributed by atoms with Crippen LogP contribution in [-0.2, 0) is 12.8 Å². The monoisotopic (exact) mass is 367 g/mol. The Hall–Kier alpha value is -0.840. The van der Waals surface area contributed by atoms with Crippen molar-refractivity contribution in [3.63, 3.8) is 0 Å². The van der Waals surface area contributed by atoms with Gasteiger partial charge in [0.1, 0.15) is 5.75 Å². The van der Waals surface area contributed by atoms with Crippen molar-refractivity contribution in [3.8, 4) is 5.75 Å². The van der Waals surface area contributed by atoms with Gasteiger partial charge in [-0.05, 0) is 70.9 Å². The zero-order valence-electron chi connectivity index (χ0n) is 12.6. The average Bonchev–Trinajstić information content (AvgIpc) is 2.90. The van der Waals surface area contributed by atoms with Crippen LogP contribution in [0.3, 0.4) is 0 Å². The number of hydrogen-bond acceptors (Lipinski definition) is 3. The normalized spacial score (nSPS) is 12.3. The van der Waals surface area contributed by atoms with Crippen LogP contribution in [0.25, 0.3) is 0 Å². The van der Waals surface area contributed by atoms with Crippen LogP contribution in [0.4, 0.5) is 0 Å². The minimum Gasteiger partial charge on any atom is -0.496 e. The Morgan fingerprint density at radius 3 is 2.71 bits per heavy atom. The largest absolute Gasteiger partial charge is 0.496 e. The second-order valence-electron chi connectivity index (χ2n) is 5.09. The van der Waals surface area contributed by atoms with Crippen LogP contribution in [-0.4, -0.2) is 20.2 Å². The summed E-state index contributed by atoms with van der Waals surface area (Å²) in [7, 11) is 1.74. The first-order valence-electron chi connectivity index (χ1n) is 7.29. The molecule has 4 heteroatoms. The summed E-state index contributed by atoms with van der Waals surface area (Å²) in [4.78, 5) is 1.42. The second-order valence-corrected chi connectivity index (χ2v) is 6.94. The zero-order chi connectivity index (χ0) is 15.1. The van der Waals surface area contributed by atoms with Gasteiger partial charge in [0.2, 0.25) is 0 Å². The molecule has 0 aliphatic carbocycles. The molecule has 2 aromatic rings. The Morgan fingerprint density at radius 1 is 1.24 bits per heavy atom. The maximum Gasteiger partial charge on any atom is 0.122 e. The smallest absolute Gasteiger partial charge is 0.122 e. The number of methoxy groups -OCH3 is 1. The van der Waals surface area contributed by atoms with Crippen LogP contribution in [0, 0.1) is 5.92 Å². The molecule has 114 valence electrons. The average molecular weight is 368 g/mol. The van der Waals surface area contributed by atoms with E-state index in [0.29, 0.717) is 5.92 Å². The molecular weight excluding hydrogens is 346 g/mol. The van der Waals surface area contributed by atoms with Crippen molar-refractivity contribution in [2.45, 2.75) is 19.8 Å². The van der Waals surface area contributed by atoms with Crippen molar-refractivity contribution in [3.05, 3.63) is 50.6 Å². The fraction of sp³-hybridized carbons (Fsp3) is 0.412. The van der Waals surface area contributed by atoms with Gasteiger partial charge in [-0.2, -0.15) is 0 Å². The fourth-order valence-electron chi connectivity index (χ4n) is 2.48. The van der Waals surface area contributed by atoms with E-state index in [2.05, 4.69) is 51.7 Å². The lowest BCUT2D eigenvalue weighted by molar-refractivity contribution is 0.401. The van der Waals surface area contributed by atoms with Gasteiger partial charge >= 0.3 is 0 Å². The van der Waals surface area contributed by atoms with Crippen molar-refractivity contribution in [2.24, 2.45) is 5.92 Å². The molecule has 1 aromatic heterocycles. The molecule has 2 rings (SSSR count). The summed E-state index contributed by atoms with van der Waals surface area (Å²) in [5.41, 5.74) is 1.29. The maximum atomic E-state index is 5.48. The van der Waals surface area contributed by atoms with E-state index in [4.69, 9.17) is 4.74 Å². The fourth-order valence-corrected chi connectivity index (χ4v) is 4.11. The van der Waals surface area contributed by atoms with Crippen molar-refractivity contribution in [1.29, 1.82) is 0 Å². The van der Waals surface area contributed by atoms with Crippen LogP contribution in [0.5, 0.6) is 5.75 Å². The maximum absolute atomic E-state index is 5.48. The predicted octanol–water partition coefficient (Wildman–Crippen LogP) is 4.53. The zero-order valence-corrected chi connectivity index (χ0v) is 15.0. The van der Waals surface area contributed by atoms with E-state index in [1.54, 1.807) is 7.11 Å². The molecule has 2 nitrogen and oxygen atoms in total. The molecule has 0 radical (unpaired) electrons. The van der Waals surface area contributed by atoms with Gasteiger partial charge in [-0.15, -0.1) is 11.3 Å². The highest BCUT2D eigenvalue weighted by atomic mass is 79.9. The Balaban J connectivity index is 2.10. The van der Waals surface area contributed by atoms with Crippen molar-refractivity contribution in [1.82, 2.24) is 5.32 Å². The Bertz CT molecular complexity index is 555. The van der Waals surface area contributed by atoms with Crippen molar-refractivity contribution < 1.29 is 4.74 Å². The Labute approximate surface area is 139 Å². The van der Waals surface area contributed by atoms with E-state index in [1.807, 2.05) is 23.5 Å². The van der Waals surface area contributed by atoms with Crippen molar-refractivity contribution in [2.75, 3.05) is 20.2 Å². The van der Waals surface area contributed by atoms with E-state index in [0.717, 1.165) is 31.7 Å². The standard InChI is InChI=1S/C17H22BrNOS/c1-3-19-12-13(11-17-15(18)8-9-21-17)10-14-6-4-5-7-16(14)20-2/h4-9,13,19H,3,10-12H2,1-2H3. The van der Waals surface area contributed by atoms with Crippen molar-refractivity contribution >= 4 is 27.3 Å². The first-order valence-corrected chi connectivity index (χ1v) is 8.96. The highest BCUT2D eigenvalue weighted by molar-refractivity contribution is 9.10. The number of benzene rings is 1.